The van der Waals surface area contributed by atoms with Gasteiger partial charge in [-0.15, -0.1) is 0 Å². The average molecular weight is 383 g/mol. The fourth-order valence-electron chi connectivity index (χ4n) is 3.41. The molecule has 0 saturated carbocycles. The number of amides is 2. The van der Waals surface area contributed by atoms with Crippen molar-refractivity contribution in [2.75, 3.05) is 4.90 Å². The Morgan fingerprint density at radius 3 is 2.10 bits per heavy atom. The van der Waals surface area contributed by atoms with E-state index in [0.717, 1.165) is 5.56 Å². The molecule has 0 aliphatic carbocycles. The maximum absolute atomic E-state index is 13.4. The van der Waals surface area contributed by atoms with E-state index >= 15 is 0 Å². The summed E-state index contributed by atoms with van der Waals surface area (Å²) in [6, 6.07) is 20.5. The lowest BCUT2D eigenvalue weighted by molar-refractivity contribution is -0.112. The Morgan fingerprint density at radius 1 is 0.828 bits per heavy atom. The number of aromatic carboxylic acids is 1. The van der Waals surface area contributed by atoms with Gasteiger partial charge in [0, 0.05) is 11.1 Å². The Hall–Kier alpha value is -3.99. The van der Waals surface area contributed by atoms with Crippen LogP contribution in [-0.2, 0) is 4.79 Å². The van der Waals surface area contributed by atoms with Crippen LogP contribution in [0.15, 0.2) is 72.8 Å². The Bertz CT molecular complexity index is 1180. The molecule has 1 heterocycles. The van der Waals surface area contributed by atoms with Gasteiger partial charge < -0.3 is 5.11 Å². The summed E-state index contributed by atoms with van der Waals surface area (Å²) < 4.78 is 0. The lowest BCUT2D eigenvalue weighted by Gasteiger charge is -2.29. The van der Waals surface area contributed by atoms with Gasteiger partial charge in [-0.05, 0) is 54.0 Å². The number of hydrogen-bond acceptors (Lipinski definition) is 3. The van der Waals surface area contributed by atoms with Crippen LogP contribution < -0.4 is 4.90 Å². The zero-order valence-corrected chi connectivity index (χ0v) is 15.6. The number of anilines is 1. The van der Waals surface area contributed by atoms with Crippen LogP contribution in [-0.4, -0.2) is 22.9 Å². The predicted molar refractivity (Wildman–Crippen MR) is 111 cm³/mol. The van der Waals surface area contributed by atoms with Gasteiger partial charge in [-0.25, -0.2) is 9.69 Å². The van der Waals surface area contributed by atoms with Crippen LogP contribution >= 0.6 is 0 Å². The summed E-state index contributed by atoms with van der Waals surface area (Å²) in [6.45, 7) is 1.85. The number of fused-ring (bicyclic) bond motifs is 1. The number of carboxylic acids is 1. The second kappa shape index (κ2) is 7.20. The van der Waals surface area contributed by atoms with Gasteiger partial charge in [0.25, 0.3) is 11.8 Å². The van der Waals surface area contributed by atoms with E-state index in [1.165, 1.54) is 17.0 Å². The third-order valence-electron chi connectivity index (χ3n) is 4.91. The topological polar surface area (TPSA) is 74.7 Å². The van der Waals surface area contributed by atoms with Crippen molar-refractivity contribution in [1.82, 2.24) is 0 Å². The van der Waals surface area contributed by atoms with E-state index in [-0.39, 0.29) is 11.5 Å². The fraction of sp³-hybridized carbons (Fsp3) is 0.0417. The molecule has 2 amide bonds. The number of rotatable bonds is 3. The molecule has 3 aromatic carbocycles. The first kappa shape index (κ1) is 18.4. The maximum Gasteiger partial charge on any atom is 0.335 e. The molecular formula is C24H17NO4. The zero-order valence-electron chi connectivity index (χ0n) is 15.6. The number of carbonyl (C=O) groups excluding carboxylic acids is 2. The molecule has 0 atom stereocenters. The molecule has 0 radical (unpaired) electrons. The molecule has 5 heteroatoms. The number of carboxylic acid groups (broad SMARTS) is 1. The number of hydrogen-bond donors (Lipinski definition) is 1. The van der Waals surface area contributed by atoms with Gasteiger partial charge in [0.15, 0.2) is 0 Å². The van der Waals surface area contributed by atoms with Crippen molar-refractivity contribution in [2.24, 2.45) is 0 Å². The predicted octanol–water partition coefficient (Wildman–Crippen LogP) is 4.42. The number of carbonyl (C=O) groups is 3. The molecule has 0 fully saturated rings. The highest BCUT2D eigenvalue weighted by Crippen LogP contribution is 2.34. The van der Waals surface area contributed by atoms with E-state index < -0.39 is 11.9 Å². The first-order valence-corrected chi connectivity index (χ1v) is 9.06. The highest BCUT2D eigenvalue weighted by Gasteiger charge is 2.36. The summed E-state index contributed by atoms with van der Waals surface area (Å²) in [5.74, 6) is -1.79. The van der Waals surface area contributed by atoms with Crippen molar-refractivity contribution in [3.63, 3.8) is 0 Å². The summed E-state index contributed by atoms with van der Waals surface area (Å²) in [5, 5.41) is 9.07. The van der Waals surface area contributed by atoms with Crippen molar-refractivity contribution < 1.29 is 19.5 Å². The zero-order chi connectivity index (χ0) is 20.5. The molecule has 1 aliphatic heterocycles. The van der Waals surface area contributed by atoms with Crippen LogP contribution in [0, 0.1) is 6.92 Å². The normalized spacial score (nSPS) is 14.8. The van der Waals surface area contributed by atoms with Crippen molar-refractivity contribution in [1.29, 1.82) is 0 Å². The molecule has 4 rings (SSSR count). The van der Waals surface area contributed by atoms with Gasteiger partial charge >= 0.3 is 5.97 Å². The van der Waals surface area contributed by atoms with Crippen molar-refractivity contribution in [3.8, 4) is 0 Å². The minimum absolute atomic E-state index is 0.166. The van der Waals surface area contributed by atoms with Crippen LogP contribution in [0.2, 0.25) is 0 Å². The first-order chi connectivity index (χ1) is 14.0. The fourth-order valence-corrected chi connectivity index (χ4v) is 3.41. The Balaban J connectivity index is 1.87. The largest absolute Gasteiger partial charge is 0.478 e. The Morgan fingerprint density at radius 2 is 1.45 bits per heavy atom. The van der Waals surface area contributed by atoms with Crippen LogP contribution in [0.3, 0.4) is 0 Å². The van der Waals surface area contributed by atoms with Crippen LogP contribution in [0.5, 0.6) is 0 Å². The average Bonchev–Trinajstić information content (AvgIpc) is 2.73. The van der Waals surface area contributed by atoms with E-state index in [9.17, 15) is 14.4 Å². The quantitative estimate of drug-likeness (QED) is 0.537. The summed E-state index contributed by atoms with van der Waals surface area (Å²) >= 11 is 0. The maximum atomic E-state index is 13.4. The Labute approximate surface area is 167 Å². The number of imide groups is 1. The molecule has 1 N–H and O–H groups in total. The molecule has 142 valence electrons. The highest BCUT2D eigenvalue weighted by atomic mass is 16.4. The molecule has 29 heavy (non-hydrogen) atoms. The molecule has 0 saturated heterocycles. The molecule has 5 nitrogen and oxygen atoms in total. The van der Waals surface area contributed by atoms with Gasteiger partial charge in [-0.1, -0.05) is 48.5 Å². The molecule has 1 aliphatic rings. The van der Waals surface area contributed by atoms with E-state index in [1.54, 1.807) is 54.6 Å². The third kappa shape index (κ3) is 3.23. The minimum atomic E-state index is -1.01. The van der Waals surface area contributed by atoms with Crippen LogP contribution in [0.25, 0.3) is 11.6 Å². The van der Waals surface area contributed by atoms with Crippen LogP contribution in [0.4, 0.5) is 5.69 Å². The summed E-state index contributed by atoms with van der Waals surface area (Å²) in [4.78, 5) is 38.8. The highest BCUT2D eigenvalue weighted by molar-refractivity contribution is 6.43. The van der Waals surface area contributed by atoms with Crippen molar-refractivity contribution >= 4 is 35.1 Å². The molecule has 0 aromatic heterocycles. The van der Waals surface area contributed by atoms with Gasteiger partial charge in [-0.3, -0.25) is 9.59 Å². The molecule has 3 aromatic rings. The van der Waals surface area contributed by atoms with Gasteiger partial charge in [-0.2, -0.15) is 0 Å². The van der Waals surface area contributed by atoms with E-state index in [1.807, 2.05) is 19.1 Å². The second-order valence-electron chi connectivity index (χ2n) is 6.76. The van der Waals surface area contributed by atoms with E-state index in [4.69, 9.17) is 5.11 Å². The number of aryl methyl sites for hydroxylation is 1. The molecule has 0 bridgehead atoms. The number of nitrogens with zero attached hydrogens (tertiary/aromatic N) is 1. The first-order valence-electron chi connectivity index (χ1n) is 9.06. The van der Waals surface area contributed by atoms with Gasteiger partial charge in [0.1, 0.15) is 0 Å². The summed E-state index contributed by atoms with van der Waals surface area (Å²) in [7, 11) is 0. The summed E-state index contributed by atoms with van der Waals surface area (Å²) in [6.07, 6.45) is 1.69. The SMILES string of the molecule is Cc1ccccc1N1C(=O)C(=Cc2ccc(C(=O)O)cc2)c2ccccc2C1=O. The van der Waals surface area contributed by atoms with Gasteiger partial charge in [0.05, 0.1) is 11.3 Å². The van der Waals surface area contributed by atoms with E-state index in [0.29, 0.717) is 28.0 Å². The number of benzene rings is 3. The monoisotopic (exact) mass is 383 g/mol. The molecular weight excluding hydrogens is 366 g/mol. The van der Waals surface area contributed by atoms with Crippen molar-refractivity contribution in [2.45, 2.75) is 6.92 Å². The number of para-hydroxylation sites is 1. The standard InChI is InChI=1S/C24H17NO4/c1-15-6-2-5-9-21(15)25-22(26)19-8-4-3-7-18(19)20(23(25)27)14-16-10-12-17(13-11-16)24(28)29/h2-14H,1H3,(H,28,29). The van der Waals surface area contributed by atoms with Crippen LogP contribution in [0.1, 0.15) is 37.4 Å². The van der Waals surface area contributed by atoms with Gasteiger partial charge in [0.2, 0.25) is 0 Å². The Kier molecular flexibility index (Phi) is 4.56. The second-order valence-corrected chi connectivity index (χ2v) is 6.76. The smallest absolute Gasteiger partial charge is 0.335 e. The molecule has 0 spiro atoms. The minimum Gasteiger partial charge on any atom is -0.478 e. The molecule has 0 unspecified atom stereocenters. The summed E-state index contributed by atoms with van der Waals surface area (Å²) in [5.41, 5.74) is 3.60. The van der Waals surface area contributed by atoms with Crippen molar-refractivity contribution in [3.05, 3.63) is 101 Å². The van der Waals surface area contributed by atoms with E-state index in [2.05, 4.69) is 0 Å². The third-order valence-corrected chi connectivity index (χ3v) is 4.91. The lowest BCUT2D eigenvalue weighted by atomic mass is 9.91. The lowest BCUT2D eigenvalue weighted by Crippen LogP contribution is -2.42.